The van der Waals surface area contributed by atoms with Crippen molar-refractivity contribution in [1.82, 2.24) is 5.43 Å². The molecule has 0 spiro atoms. The molecule has 3 nitrogen and oxygen atoms in total. The van der Waals surface area contributed by atoms with Gasteiger partial charge in [0.1, 0.15) is 5.82 Å². The van der Waals surface area contributed by atoms with Crippen LogP contribution in [0.1, 0.15) is 28.3 Å². The van der Waals surface area contributed by atoms with Gasteiger partial charge in [0, 0.05) is 10.0 Å². The molecule has 1 aliphatic rings. The maximum absolute atomic E-state index is 14.0. The van der Waals surface area contributed by atoms with Crippen LogP contribution in [-0.4, -0.2) is 0 Å². The van der Waals surface area contributed by atoms with Crippen LogP contribution in [0.4, 0.5) is 4.39 Å². The van der Waals surface area contributed by atoms with Crippen molar-refractivity contribution in [3.8, 4) is 0 Å². The smallest absolute Gasteiger partial charge is 0.128 e. The van der Waals surface area contributed by atoms with Gasteiger partial charge in [-0.1, -0.05) is 34.1 Å². The van der Waals surface area contributed by atoms with Crippen LogP contribution < -0.4 is 11.3 Å². The third-order valence-electron chi connectivity index (χ3n) is 3.51. The predicted octanol–water partition coefficient (Wildman–Crippen LogP) is 3.17. The molecule has 3 N–H and O–H groups in total. The lowest BCUT2D eigenvalue weighted by atomic mass is 9.96. The molecule has 1 unspecified atom stereocenters. The van der Waals surface area contributed by atoms with Crippen molar-refractivity contribution in [1.29, 1.82) is 0 Å². The number of hydrazine groups is 1. The van der Waals surface area contributed by atoms with Crippen molar-refractivity contribution in [2.75, 3.05) is 0 Å². The fourth-order valence-electron chi connectivity index (χ4n) is 2.47. The maximum atomic E-state index is 14.0. The summed E-state index contributed by atoms with van der Waals surface area (Å²) in [5.41, 5.74) is 6.45. The number of halogens is 2. The molecule has 104 valence electrons. The van der Waals surface area contributed by atoms with Gasteiger partial charge < -0.3 is 4.74 Å². The molecule has 2 aromatic rings. The molecule has 0 aromatic heterocycles. The minimum atomic E-state index is -0.390. The molecule has 0 saturated heterocycles. The summed E-state index contributed by atoms with van der Waals surface area (Å²) < 4.78 is 20.2. The highest BCUT2D eigenvalue weighted by Crippen LogP contribution is 2.29. The number of benzene rings is 2. The number of hydrogen-bond acceptors (Lipinski definition) is 3. The van der Waals surface area contributed by atoms with Crippen molar-refractivity contribution >= 4 is 15.9 Å². The van der Waals surface area contributed by atoms with Gasteiger partial charge in [0.2, 0.25) is 0 Å². The zero-order chi connectivity index (χ0) is 14.1. The average Bonchev–Trinajstić information content (AvgIpc) is 2.91. The minimum absolute atomic E-state index is 0.284. The number of nitrogens with one attached hydrogen (secondary N) is 1. The van der Waals surface area contributed by atoms with E-state index >= 15 is 0 Å². The van der Waals surface area contributed by atoms with Crippen LogP contribution in [0, 0.1) is 5.82 Å². The lowest BCUT2D eigenvalue weighted by molar-refractivity contribution is 0.134. The first-order valence-electron chi connectivity index (χ1n) is 6.29. The molecule has 0 bridgehead atoms. The highest BCUT2D eigenvalue weighted by molar-refractivity contribution is 9.10. The Kier molecular flexibility index (Phi) is 3.85. The zero-order valence-corrected chi connectivity index (χ0v) is 12.3. The van der Waals surface area contributed by atoms with Gasteiger partial charge in [-0.15, -0.1) is 0 Å². The van der Waals surface area contributed by atoms with E-state index in [4.69, 9.17) is 10.6 Å². The van der Waals surface area contributed by atoms with Gasteiger partial charge in [-0.2, -0.15) is 0 Å². The van der Waals surface area contributed by atoms with E-state index in [9.17, 15) is 4.39 Å². The van der Waals surface area contributed by atoms with E-state index in [2.05, 4.69) is 21.4 Å². The summed E-state index contributed by atoms with van der Waals surface area (Å²) in [5.74, 6) is 5.35. The van der Waals surface area contributed by atoms with Crippen LogP contribution in [0.3, 0.4) is 0 Å². The van der Waals surface area contributed by atoms with Crippen LogP contribution in [0.5, 0.6) is 0 Å². The third kappa shape index (κ3) is 2.50. The Morgan fingerprint density at radius 1 is 1.15 bits per heavy atom. The van der Waals surface area contributed by atoms with Crippen LogP contribution in [0.2, 0.25) is 0 Å². The van der Waals surface area contributed by atoms with Crippen molar-refractivity contribution < 1.29 is 9.13 Å². The molecule has 1 atom stereocenters. The van der Waals surface area contributed by atoms with E-state index in [1.807, 2.05) is 18.2 Å². The highest BCUT2D eigenvalue weighted by Gasteiger charge is 2.19. The summed E-state index contributed by atoms with van der Waals surface area (Å²) in [4.78, 5) is 0. The summed E-state index contributed by atoms with van der Waals surface area (Å²) in [6, 6.07) is 10.4. The molecule has 1 heterocycles. The van der Waals surface area contributed by atoms with E-state index < -0.39 is 6.04 Å². The van der Waals surface area contributed by atoms with Crippen molar-refractivity contribution in [2.24, 2.45) is 5.84 Å². The second-order valence-electron chi connectivity index (χ2n) is 4.79. The first kappa shape index (κ1) is 13.7. The molecule has 5 heteroatoms. The fourth-order valence-corrected chi connectivity index (χ4v) is 2.85. The Hall–Kier alpha value is -1.27. The first-order valence-corrected chi connectivity index (χ1v) is 7.09. The van der Waals surface area contributed by atoms with Gasteiger partial charge in [0.05, 0.1) is 19.3 Å². The molecular formula is C15H14BrFN2O. The van der Waals surface area contributed by atoms with Crippen molar-refractivity contribution in [3.63, 3.8) is 0 Å². The Labute approximate surface area is 125 Å². The molecule has 0 fully saturated rings. The second kappa shape index (κ2) is 5.61. The van der Waals surface area contributed by atoms with Crippen LogP contribution >= 0.6 is 15.9 Å². The molecule has 3 rings (SSSR count). The van der Waals surface area contributed by atoms with Gasteiger partial charge in [-0.05, 0) is 34.9 Å². The molecule has 0 saturated carbocycles. The first-order chi connectivity index (χ1) is 9.69. The molecule has 1 aliphatic heterocycles. The summed E-state index contributed by atoms with van der Waals surface area (Å²) in [6.45, 7) is 1.24. The molecule has 0 radical (unpaired) electrons. The minimum Gasteiger partial charge on any atom is -0.372 e. The van der Waals surface area contributed by atoms with Gasteiger partial charge in [0.25, 0.3) is 0 Å². The second-order valence-corrected chi connectivity index (χ2v) is 5.70. The highest BCUT2D eigenvalue weighted by atomic mass is 79.9. The summed E-state index contributed by atoms with van der Waals surface area (Å²) in [5, 5.41) is 0. The maximum Gasteiger partial charge on any atom is 0.128 e. The van der Waals surface area contributed by atoms with E-state index in [1.165, 1.54) is 11.6 Å². The van der Waals surface area contributed by atoms with Crippen LogP contribution in [0.15, 0.2) is 40.9 Å². The SMILES string of the molecule is NNC(c1ccc2c(c1)COC2)c1cc(Br)ccc1F. The number of fused-ring (bicyclic) bond motifs is 1. The number of ether oxygens (including phenoxy) is 1. The third-order valence-corrected chi connectivity index (χ3v) is 4.01. The monoisotopic (exact) mass is 336 g/mol. The molecule has 2 aromatic carbocycles. The Bertz CT molecular complexity index is 648. The predicted molar refractivity (Wildman–Crippen MR) is 78.2 cm³/mol. The molecule has 0 aliphatic carbocycles. The van der Waals surface area contributed by atoms with E-state index in [-0.39, 0.29) is 5.82 Å². The Morgan fingerprint density at radius 2 is 1.95 bits per heavy atom. The Balaban J connectivity index is 2.03. The van der Waals surface area contributed by atoms with Gasteiger partial charge in [-0.25, -0.2) is 9.82 Å². The quantitative estimate of drug-likeness (QED) is 0.668. The standard InChI is InChI=1S/C15H14BrFN2O/c16-12-3-4-14(17)13(6-12)15(19-18)9-1-2-10-7-20-8-11(10)5-9/h1-6,15,19H,7-8,18H2. The van der Waals surface area contributed by atoms with Crippen LogP contribution in [-0.2, 0) is 18.0 Å². The topological polar surface area (TPSA) is 47.3 Å². The summed E-state index contributed by atoms with van der Waals surface area (Å²) >= 11 is 3.36. The summed E-state index contributed by atoms with van der Waals surface area (Å²) in [7, 11) is 0. The summed E-state index contributed by atoms with van der Waals surface area (Å²) in [6.07, 6.45) is 0. The lowest BCUT2D eigenvalue weighted by Crippen LogP contribution is -2.29. The lowest BCUT2D eigenvalue weighted by Gasteiger charge is -2.18. The van der Waals surface area contributed by atoms with Crippen molar-refractivity contribution in [2.45, 2.75) is 19.3 Å². The largest absolute Gasteiger partial charge is 0.372 e. The number of nitrogens with two attached hydrogens (primary N) is 1. The number of rotatable bonds is 3. The number of hydrogen-bond donors (Lipinski definition) is 2. The van der Waals surface area contributed by atoms with Crippen LogP contribution in [0.25, 0.3) is 0 Å². The van der Waals surface area contributed by atoms with E-state index in [0.717, 1.165) is 15.6 Å². The van der Waals surface area contributed by atoms with Gasteiger partial charge in [-0.3, -0.25) is 5.84 Å². The van der Waals surface area contributed by atoms with Crippen molar-refractivity contribution in [3.05, 3.63) is 68.9 Å². The van der Waals surface area contributed by atoms with Gasteiger partial charge in [0.15, 0.2) is 0 Å². The van der Waals surface area contributed by atoms with E-state index in [1.54, 1.807) is 12.1 Å². The Morgan fingerprint density at radius 3 is 2.75 bits per heavy atom. The average molecular weight is 337 g/mol. The fraction of sp³-hybridized carbons (Fsp3) is 0.200. The zero-order valence-electron chi connectivity index (χ0n) is 10.7. The molecule has 20 heavy (non-hydrogen) atoms. The van der Waals surface area contributed by atoms with E-state index in [0.29, 0.717) is 18.8 Å². The molecular weight excluding hydrogens is 323 g/mol. The normalized spacial score (nSPS) is 15.2. The van der Waals surface area contributed by atoms with Gasteiger partial charge >= 0.3 is 0 Å². The molecule has 0 amide bonds.